The van der Waals surface area contributed by atoms with Crippen molar-refractivity contribution in [2.75, 3.05) is 0 Å². The van der Waals surface area contributed by atoms with Gasteiger partial charge in [0.25, 0.3) is 0 Å². The Kier molecular flexibility index (Phi) is 2.36. The lowest BCUT2D eigenvalue weighted by molar-refractivity contribution is 0.878. The van der Waals surface area contributed by atoms with Crippen molar-refractivity contribution in [1.29, 1.82) is 0 Å². The van der Waals surface area contributed by atoms with Gasteiger partial charge < -0.3 is 0 Å². The average molecular weight is 186 g/mol. The van der Waals surface area contributed by atoms with E-state index in [4.69, 9.17) is 0 Å². The van der Waals surface area contributed by atoms with Crippen molar-refractivity contribution in [3.05, 3.63) is 48.0 Å². The second kappa shape index (κ2) is 3.83. The average Bonchev–Trinajstić information content (AvgIpc) is 2.67. The molecule has 0 radical (unpaired) electrons. The van der Waals surface area contributed by atoms with Crippen molar-refractivity contribution in [3.63, 3.8) is 0 Å². The van der Waals surface area contributed by atoms with Crippen LogP contribution in [0.5, 0.6) is 0 Å². The number of rotatable bonds is 2. The smallest absolute Gasteiger partial charge is 0.141 e. The molecular weight excluding hydrogens is 176 g/mol. The molecule has 0 aliphatic rings. The molecule has 0 fully saturated rings. The Morgan fingerprint density at radius 1 is 1.29 bits per heavy atom. The van der Waals surface area contributed by atoms with Crippen molar-refractivity contribution in [2.24, 2.45) is 5.10 Å². The van der Waals surface area contributed by atoms with Gasteiger partial charge >= 0.3 is 0 Å². The van der Waals surface area contributed by atoms with Crippen LogP contribution in [0.4, 0.5) is 0 Å². The molecule has 2 rings (SSSR count). The predicted molar refractivity (Wildman–Crippen MR) is 54.2 cm³/mol. The second-order valence-corrected chi connectivity index (χ2v) is 3.00. The molecule has 1 aromatic heterocycles. The molecule has 0 saturated heterocycles. The molecule has 70 valence electrons. The first-order valence-corrected chi connectivity index (χ1v) is 4.30. The molecule has 0 N–H and O–H groups in total. The van der Waals surface area contributed by atoms with E-state index in [-0.39, 0.29) is 0 Å². The Morgan fingerprint density at radius 2 is 2.07 bits per heavy atom. The van der Waals surface area contributed by atoms with E-state index in [1.54, 1.807) is 23.5 Å². The topological polar surface area (TPSA) is 43.1 Å². The molecule has 2 aromatic rings. The predicted octanol–water partition coefficient (Wildman–Crippen LogP) is 1.47. The zero-order valence-electron chi connectivity index (χ0n) is 7.83. The highest BCUT2D eigenvalue weighted by molar-refractivity contribution is 5.79. The third-order valence-electron chi connectivity index (χ3n) is 1.79. The summed E-state index contributed by atoms with van der Waals surface area (Å²) in [6.45, 7) is 2.05. The van der Waals surface area contributed by atoms with Gasteiger partial charge in [0, 0.05) is 0 Å². The first-order chi connectivity index (χ1) is 6.84. The number of benzene rings is 1. The summed E-state index contributed by atoms with van der Waals surface area (Å²) in [5.74, 6) is 0. The molecule has 4 heteroatoms. The first kappa shape index (κ1) is 8.62. The fourth-order valence-electron chi connectivity index (χ4n) is 1.14. The molecule has 0 bridgehead atoms. The second-order valence-electron chi connectivity index (χ2n) is 3.00. The molecule has 4 nitrogen and oxygen atoms in total. The van der Waals surface area contributed by atoms with Crippen LogP contribution in [0, 0.1) is 6.92 Å². The maximum absolute atomic E-state index is 4.14. The summed E-state index contributed by atoms with van der Waals surface area (Å²) in [6.07, 6.45) is 4.87. The fourth-order valence-corrected chi connectivity index (χ4v) is 1.14. The normalized spacial score (nSPS) is 10.9. The molecule has 1 aromatic carbocycles. The summed E-state index contributed by atoms with van der Waals surface area (Å²) in [7, 11) is 0. The van der Waals surface area contributed by atoms with Gasteiger partial charge in [-0.05, 0) is 12.5 Å². The van der Waals surface area contributed by atoms with Crippen molar-refractivity contribution >= 4 is 6.21 Å². The van der Waals surface area contributed by atoms with Crippen molar-refractivity contribution in [3.8, 4) is 0 Å². The SMILES string of the molecule is Cc1cccc(/C=N/n2cnnc2)c1. The van der Waals surface area contributed by atoms with Crippen LogP contribution in [0.2, 0.25) is 0 Å². The first-order valence-electron chi connectivity index (χ1n) is 4.30. The van der Waals surface area contributed by atoms with Gasteiger partial charge in [0.1, 0.15) is 12.7 Å². The van der Waals surface area contributed by atoms with Crippen molar-refractivity contribution < 1.29 is 0 Å². The van der Waals surface area contributed by atoms with Crippen LogP contribution in [-0.2, 0) is 0 Å². The zero-order valence-corrected chi connectivity index (χ0v) is 7.83. The van der Waals surface area contributed by atoms with Crippen LogP contribution in [-0.4, -0.2) is 21.1 Å². The van der Waals surface area contributed by atoms with E-state index >= 15 is 0 Å². The minimum atomic E-state index is 1.07. The summed E-state index contributed by atoms with van der Waals surface area (Å²) in [5.41, 5.74) is 2.29. The van der Waals surface area contributed by atoms with Gasteiger partial charge in [-0.3, -0.25) is 0 Å². The minimum absolute atomic E-state index is 1.07. The standard InChI is InChI=1S/C10H10N4/c1-9-3-2-4-10(5-9)6-13-14-7-11-12-8-14/h2-8H,1H3/b13-6+. The number of aromatic nitrogens is 3. The largest absolute Gasteiger partial charge is 0.208 e. The molecule has 0 spiro atoms. The lowest BCUT2D eigenvalue weighted by atomic mass is 10.2. The Labute approximate surface area is 81.9 Å². The molecule has 14 heavy (non-hydrogen) atoms. The maximum atomic E-state index is 4.14. The number of aryl methyl sites for hydroxylation is 1. The summed E-state index contributed by atoms with van der Waals surface area (Å²) in [5, 5.41) is 11.4. The van der Waals surface area contributed by atoms with Crippen LogP contribution >= 0.6 is 0 Å². The van der Waals surface area contributed by atoms with Gasteiger partial charge in [0.15, 0.2) is 0 Å². The molecule has 0 atom stereocenters. The third-order valence-corrected chi connectivity index (χ3v) is 1.79. The van der Waals surface area contributed by atoms with Gasteiger partial charge in [-0.25, -0.2) is 4.68 Å². The van der Waals surface area contributed by atoms with Crippen molar-refractivity contribution in [2.45, 2.75) is 6.92 Å². The van der Waals surface area contributed by atoms with Gasteiger partial charge in [0.2, 0.25) is 0 Å². The quantitative estimate of drug-likeness (QED) is 0.666. The number of nitrogens with zero attached hydrogens (tertiary/aromatic N) is 4. The monoisotopic (exact) mass is 186 g/mol. The van der Waals surface area contributed by atoms with E-state index in [9.17, 15) is 0 Å². The van der Waals surface area contributed by atoms with E-state index in [2.05, 4.69) is 34.4 Å². The lowest BCUT2D eigenvalue weighted by Crippen LogP contribution is -1.87. The van der Waals surface area contributed by atoms with Crippen LogP contribution in [0.1, 0.15) is 11.1 Å². The molecule has 0 aliphatic carbocycles. The van der Waals surface area contributed by atoms with Gasteiger partial charge in [-0.15, -0.1) is 10.2 Å². The van der Waals surface area contributed by atoms with Crippen molar-refractivity contribution in [1.82, 2.24) is 14.9 Å². The lowest BCUT2D eigenvalue weighted by Gasteiger charge is -1.94. The van der Waals surface area contributed by atoms with Crippen LogP contribution in [0.3, 0.4) is 0 Å². The molecule has 0 unspecified atom stereocenters. The van der Waals surface area contributed by atoms with Gasteiger partial charge in [-0.2, -0.15) is 5.10 Å². The van der Waals surface area contributed by atoms with E-state index in [1.807, 2.05) is 12.1 Å². The Morgan fingerprint density at radius 3 is 2.79 bits per heavy atom. The van der Waals surface area contributed by atoms with Gasteiger partial charge in [0.05, 0.1) is 6.21 Å². The minimum Gasteiger partial charge on any atom is -0.208 e. The van der Waals surface area contributed by atoms with Crippen LogP contribution in [0.15, 0.2) is 42.0 Å². The zero-order chi connectivity index (χ0) is 9.80. The Balaban J connectivity index is 2.18. The molecular formula is C10H10N4. The Hall–Kier alpha value is -1.97. The van der Waals surface area contributed by atoms with E-state index in [0.29, 0.717) is 0 Å². The summed E-state index contributed by atoms with van der Waals surface area (Å²) in [6, 6.07) is 8.12. The maximum Gasteiger partial charge on any atom is 0.141 e. The highest BCUT2D eigenvalue weighted by atomic mass is 15.4. The highest BCUT2D eigenvalue weighted by Crippen LogP contribution is 2.00. The summed E-state index contributed by atoms with van der Waals surface area (Å²) >= 11 is 0. The van der Waals surface area contributed by atoms with Crippen LogP contribution < -0.4 is 0 Å². The highest BCUT2D eigenvalue weighted by Gasteiger charge is 1.88. The van der Waals surface area contributed by atoms with E-state index < -0.39 is 0 Å². The summed E-state index contributed by atoms with van der Waals surface area (Å²) in [4.78, 5) is 0. The molecule has 0 saturated carbocycles. The third kappa shape index (κ3) is 2.04. The Bertz CT molecular complexity index is 431. The summed E-state index contributed by atoms with van der Waals surface area (Å²) < 4.78 is 1.56. The molecule has 0 amide bonds. The van der Waals surface area contributed by atoms with E-state index in [0.717, 1.165) is 5.56 Å². The van der Waals surface area contributed by atoms with Gasteiger partial charge in [-0.1, -0.05) is 29.8 Å². The fraction of sp³-hybridized carbons (Fsp3) is 0.100. The number of hydrogen-bond acceptors (Lipinski definition) is 3. The molecule has 1 heterocycles. The van der Waals surface area contributed by atoms with E-state index in [1.165, 1.54) is 5.56 Å². The van der Waals surface area contributed by atoms with Crippen LogP contribution in [0.25, 0.3) is 0 Å². The number of hydrogen-bond donors (Lipinski definition) is 0. The molecule has 0 aliphatic heterocycles.